The van der Waals surface area contributed by atoms with Crippen LogP contribution in [0.25, 0.3) is 27.8 Å². The second kappa shape index (κ2) is 14.6. The van der Waals surface area contributed by atoms with Crippen LogP contribution >= 0.6 is 0 Å². The quantitative estimate of drug-likeness (QED) is 0.205. The van der Waals surface area contributed by atoms with Gasteiger partial charge in [-0.3, -0.25) is 9.59 Å². The molecule has 55 heavy (non-hydrogen) atoms. The van der Waals surface area contributed by atoms with Crippen molar-refractivity contribution in [2.24, 2.45) is 23.0 Å². The first kappa shape index (κ1) is 37.5. The van der Waals surface area contributed by atoms with E-state index in [1.165, 1.54) is 0 Å². The number of hydrogen-bond donors (Lipinski definition) is 2. The number of benzene rings is 1. The van der Waals surface area contributed by atoms with Crippen molar-refractivity contribution in [1.29, 1.82) is 0 Å². The number of rotatable bonds is 7. The van der Waals surface area contributed by atoms with Gasteiger partial charge in [-0.1, -0.05) is 20.8 Å². The van der Waals surface area contributed by atoms with Crippen LogP contribution in [-0.2, 0) is 16.1 Å². The molecule has 8 rings (SSSR count). The molecule has 2 saturated heterocycles. The molecule has 0 bridgehead atoms. The van der Waals surface area contributed by atoms with Crippen LogP contribution in [0.5, 0.6) is 0 Å². The Labute approximate surface area is 322 Å². The highest BCUT2D eigenvalue weighted by atomic mass is 19.1. The molecule has 1 aromatic carbocycles. The number of ether oxygens (including phenoxy) is 1. The minimum atomic E-state index is -0.835. The number of pyridine rings is 1. The standard InChI is InChI=1S/C43H55FN6O5/c1-25-34-14-11-29(41(53)48-17-5-6-36(55-42(45)54)39(48)43(2,3)4)24-50(34)46-37(25)35-21-30-20-31(44)22-33(38(30)49(35)23-26-7-8-26)27-15-18-47(19-16-27)40(52)28-9-12-32(51)13-10-28/h11,14,20-22,24,26-28,32,36,39,51H,5-10,12-13,15-19,23H2,1-4H3,(H2,45,54)/t28?,32?,36?,39-/m0/s1. The number of aryl methyl sites for hydroxylation is 1. The van der Waals surface area contributed by atoms with Crippen molar-refractivity contribution >= 4 is 34.3 Å². The van der Waals surface area contributed by atoms with E-state index in [1.54, 1.807) is 22.8 Å². The zero-order chi connectivity index (χ0) is 38.8. The van der Waals surface area contributed by atoms with E-state index in [0.717, 1.165) is 84.0 Å². The third-order valence-corrected chi connectivity index (χ3v) is 12.8. The SMILES string of the molecule is Cc1c(-c2cc3cc(F)cc(C4CCN(C(=O)C5CCC(O)CC5)CC4)c3n2CC2CC2)nn2cc(C(=O)N3CCCC(OC(N)=O)[C@H]3C(C)(C)C)ccc12. The zero-order valence-electron chi connectivity index (χ0n) is 32.6. The van der Waals surface area contributed by atoms with E-state index in [-0.39, 0.29) is 47.0 Å². The lowest BCUT2D eigenvalue weighted by atomic mass is 9.78. The summed E-state index contributed by atoms with van der Waals surface area (Å²) in [6.45, 7) is 10.8. The monoisotopic (exact) mass is 754 g/mol. The number of amides is 3. The molecule has 0 spiro atoms. The summed E-state index contributed by atoms with van der Waals surface area (Å²) in [6, 6.07) is 8.84. The molecule has 5 heterocycles. The normalized spacial score (nSPS) is 24.1. The summed E-state index contributed by atoms with van der Waals surface area (Å²) in [6.07, 6.45) is 8.22. The number of aliphatic hydroxyl groups excluding tert-OH is 1. The van der Waals surface area contributed by atoms with Gasteiger partial charge < -0.3 is 29.9 Å². The molecule has 0 radical (unpaired) electrons. The van der Waals surface area contributed by atoms with Gasteiger partial charge in [-0.15, -0.1) is 0 Å². The maximum atomic E-state index is 15.5. The topological polar surface area (TPSA) is 135 Å². The van der Waals surface area contributed by atoms with Crippen LogP contribution in [0, 0.1) is 30.0 Å². The summed E-state index contributed by atoms with van der Waals surface area (Å²) >= 11 is 0. The second-order valence-electron chi connectivity index (χ2n) is 17.8. The molecule has 2 aliphatic carbocycles. The average Bonchev–Trinajstić information content (AvgIpc) is 3.82. The number of nitrogens with zero attached hydrogens (tertiary/aromatic N) is 5. The number of hydrogen-bond acceptors (Lipinski definition) is 6. The highest BCUT2D eigenvalue weighted by Gasteiger charge is 2.44. The van der Waals surface area contributed by atoms with Crippen molar-refractivity contribution in [1.82, 2.24) is 24.0 Å². The van der Waals surface area contributed by atoms with Crippen LogP contribution in [0.15, 0.2) is 36.5 Å². The number of nitrogens with two attached hydrogens (primary N) is 1. The first-order valence-corrected chi connectivity index (χ1v) is 20.3. The lowest BCUT2D eigenvalue weighted by Gasteiger charge is -2.47. The summed E-state index contributed by atoms with van der Waals surface area (Å²) in [4.78, 5) is 43.2. The van der Waals surface area contributed by atoms with E-state index >= 15 is 4.39 Å². The third kappa shape index (κ3) is 7.34. The number of carbonyl (C=O) groups excluding carboxylic acids is 3. The van der Waals surface area contributed by atoms with Crippen LogP contribution in [0.4, 0.5) is 9.18 Å². The molecule has 4 aromatic rings. The molecule has 2 atom stereocenters. The Morgan fingerprint density at radius 1 is 0.964 bits per heavy atom. The fraction of sp³-hybridized carbons (Fsp3) is 0.581. The molecule has 3 aromatic heterocycles. The molecule has 2 saturated carbocycles. The number of aromatic nitrogens is 3. The van der Waals surface area contributed by atoms with E-state index in [2.05, 4.69) is 10.6 Å². The van der Waals surface area contributed by atoms with E-state index in [0.29, 0.717) is 56.8 Å². The average molecular weight is 755 g/mol. The summed E-state index contributed by atoms with van der Waals surface area (Å²) < 4.78 is 25.1. The smallest absolute Gasteiger partial charge is 0.404 e. The van der Waals surface area contributed by atoms with Crippen molar-refractivity contribution in [2.45, 2.75) is 123 Å². The molecular formula is C43H55FN6O5. The zero-order valence-corrected chi connectivity index (χ0v) is 32.6. The van der Waals surface area contributed by atoms with Gasteiger partial charge in [0, 0.05) is 49.2 Å². The van der Waals surface area contributed by atoms with Crippen molar-refractivity contribution in [2.75, 3.05) is 19.6 Å². The van der Waals surface area contributed by atoms with E-state index in [1.807, 2.05) is 49.6 Å². The van der Waals surface area contributed by atoms with Crippen molar-refractivity contribution in [3.05, 3.63) is 59.0 Å². The number of piperidine rings is 2. The maximum absolute atomic E-state index is 15.5. The van der Waals surface area contributed by atoms with Gasteiger partial charge in [0.05, 0.1) is 34.4 Å². The number of carbonyl (C=O) groups is 3. The summed E-state index contributed by atoms with van der Waals surface area (Å²) in [7, 11) is 0. The highest BCUT2D eigenvalue weighted by molar-refractivity contribution is 5.95. The van der Waals surface area contributed by atoms with Gasteiger partial charge in [0.1, 0.15) is 17.6 Å². The van der Waals surface area contributed by atoms with Gasteiger partial charge in [-0.25, -0.2) is 13.7 Å². The third-order valence-electron chi connectivity index (χ3n) is 12.8. The lowest BCUT2D eigenvalue weighted by molar-refractivity contribution is -0.138. The van der Waals surface area contributed by atoms with Crippen molar-refractivity contribution < 1.29 is 28.6 Å². The van der Waals surface area contributed by atoms with Crippen LogP contribution in [-0.4, -0.2) is 84.9 Å². The van der Waals surface area contributed by atoms with Gasteiger partial charge in [-0.2, -0.15) is 5.10 Å². The molecule has 11 nitrogen and oxygen atoms in total. The minimum absolute atomic E-state index is 0.0116. The van der Waals surface area contributed by atoms with Crippen molar-refractivity contribution in [3.8, 4) is 11.4 Å². The molecule has 12 heteroatoms. The summed E-state index contributed by atoms with van der Waals surface area (Å²) in [5.41, 5.74) is 11.2. The number of fused-ring (bicyclic) bond motifs is 2. The van der Waals surface area contributed by atoms with Crippen LogP contribution in [0.2, 0.25) is 0 Å². The largest absolute Gasteiger partial charge is 0.444 e. The minimum Gasteiger partial charge on any atom is -0.444 e. The molecule has 3 amide bonds. The Morgan fingerprint density at radius 2 is 1.69 bits per heavy atom. The Hall–Kier alpha value is -4.45. The Bertz CT molecular complexity index is 2110. The van der Waals surface area contributed by atoms with E-state index in [4.69, 9.17) is 15.6 Å². The Balaban J connectivity index is 1.11. The van der Waals surface area contributed by atoms with Crippen LogP contribution < -0.4 is 5.73 Å². The summed E-state index contributed by atoms with van der Waals surface area (Å²) in [5, 5.41) is 15.9. The molecular weight excluding hydrogens is 700 g/mol. The predicted molar refractivity (Wildman–Crippen MR) is 208 cm³/mol. The number of halogens is 1. The Kier molecular flexibility index (Phi) is 9.92. The van der Waals surface area contributed by atoms with Gasteiger partial charge in [0.25, 0.3) is 5.91 Å². The van der Waals surface area contributed by atoms with Gasteiger partial charge in [0.2, 0.25) is 5.91 Å². The number of likely N-dealkylation sites (tertiary alicyclic amines) is 2. The number of primary amides is 1. The molecule has 294 valence electrons. The van der Waals surface area contributed by atoms with Crippen molar-refractivity contribution in [3.63, 3.8) is 0 Å². The van der Waals surface area contributed by atoms with E-state index < -0.39 is 12.2 Å². The predicted octanol–water partition coefficient (Wildman–Crippen LogP) is 7.19. The lowest BCUT2D eigenvalue weighted by Crippen LogP contribution is -2.58. The first-order chi connectivity index (χ1) is 26.3. The fourth-order valence-electron chi connectivity index (χ4n) is 9.85. The molecule has 4 aliphatic rings. The molecule has 4 fully saturated rings. The van der Waals surface area contributed by atoms with Gasteiger partial charge >= 0.3 is 6.09 Å². The molecule has 1 unspecified atom stereocenters. The Morgan fingerprint density at radius 3 is 2.36 bits per heavy atom. The molecule has 3 N–H and O–H groups in total. The van der Waals surface area contributed by atoms with E-state index in [9.17, 15) is 19.5 Å². The maximum Gasteiger partial charge on any atom is 0.404 e. The van der Waals surface area contributed by atoms with Gasteiger partial charge in [-0.05, 0) is 124 Å². The molecule has 2 aliphatic heterocycles. The van der Waals surface area contributed by atoms with Gasteiger partial charge in [0.15, 0.2) is 0 Å². The highest BCUT2D eigenvalue weighted by Crippen LogP contribution is 2.42. The summed E-state index contributed by atoms with van der Waals surface area (Å²) in [5.74, 6) is 0.440. The fourth-order valence-corrected chi connectivity index (χ4v) is 9.85. The number of aliphatic hydroxyl groups is 1. The second-order valence-corrected chi connectivity index (χ2v) is 17.8. The van der Waals surface area contributed by atoms with Crippen LogP contribution in [0.1, 0.15) is 112 Å². The first-order valence-electron chi connectivity index (χ1n) is 20.3. The van der Waals surface area contributed by atoms with Crippen LogP contribution in [0.3, 0.4) is 0 Å².